The van der Waals surface area contributed by atoms with Gasteiger partial charge in [-0.3, -0.25) is 4.79 Å². The first kappa shape index (κ1) is 15.5. The zero-order chi connectivity index (χ0) is 15.9. The number of carbonyl (C=O) groups excluding carboxylic acids is 1. The molecule has 0 fully saturated rings. The van der Waals surface area contributed by atoms with E-state index >= 15 is 0 Å². The van der Waals surface area contributed by atoms with Gasteiger partial charge in [0.2, 0.25) is 0 Å². The summed E-state index contributed by atoms with van der Waals surface area (Å²) >= 11 is 0. The van der Waals surface area contributed by atoms with E-state index in [1.165, 1.54) is 24.1 Å². The van der Waals surface area contributed by atoms with E-state index in [0.717, 1.165) is 5.69 Å². The van der Waals surface area contributed by atoms with Crippen LogP contribution in [0.4, 0.5) is 11.4 Å². The number of anilines is 2. The van der Waals surface area contributed by atoms with Gasteiger partial charge in [0.25, 0.3) is 0 Å². The van der Waals surface area contributed by atoms with E-state index in [-0.39, 0.29) is 11.5 Å². The van der Waals surface area contributed by atoms with Crippen molar-refractivity contribution in [3.63, 3.8) is 0 Å². The van der Waals surface area contributed by atoms with Crippen LogP contribution in [0.15, 0.2) is 48.5 Å². The molecule has 6 nitrogen and oxygen atoms in total. The number of hydrogen-bond acceptors (Lipinski definition) is 6. The monoisotopic (exact) mass is 302 g/mol. The number of carbonyl (C=O) groups is 1. The maximum atomic E-state index is 11.2. The van der Waals surface area contributed by atoms with Gasteiger partial charge < -0.3 is 20.4 Å². The fourth-order valence-corrected chi connectivity index (χ4v) is 1.88. The van der Waals surface area contributed by atoms with Crippen LogP contribution in [0.1, 0.15) is 6.92 Å². The number of hydroxylamine groups is 1. The minimum absolute atomic E-state index is 0.147. The standard InChI is InChI=1S/C16H18N2O4/c1-12(19)22-18(14-4-8-16(21)9-5-14)11-10-17-13-2-6-15(20)7-3-13/h2-9,17,20-21H,10-11H2,1H3. The molecule has 2 aromatic rings. The van der Waals surface area contributed by atoms with Gasteiger partial charge in [-0.1, -0.05) is 0 Å². The number of nitrogens with one attached hydrogen (secondary N) is 1. The van der Waals surface area contributed by atoms with Gasteiger partial charge in [0.15, 0.2) is 0 Å². The zero-order valence-electron chi connectivity index (χ0n) is 12.2. The second-order valence-corrected chi connectivity index (χ2v) is 4.68. The van der Waals surface area contributed by atoms with Crippen LogP contribution in [-0.2, 0) is 9.63 Å². The minimum Gasteiger partial charge on any atom is -0.508 e. The number of rotatable bonds is 6. The van der Waals surface area contributed by atoms with E-state index in [1.54, 1.807) is 36.4 Å². The van der Waals surface area contributed by atoms with E-state index in [9.17, 15) is 15.0 Å². The van der Waals surface area contributed by atoms with Crippen molar-refractivity contribution < 1.29 is 19.8 Å². The van der Waals surface area contributed by atoms with Crippen molar-refractivity contribution in [2.75, 3.05) is 23.5 Å². The van der Waals surface area contributed by atoms with Gasteiger partial charge in [-0.2, -0.15) is 0 Å². The summed E-state index contributed by atoms with van der Waals surface area (Å²) in [7, 11) is 0. The predicted molar refractivity (Wildman–Crippen MR) is 83.8 cm³/mol. The Bertz CT molecular complexity index is 611. The molecule has 0 aliphatic heterocycles. The van der Waals surface area contributed by atoms with Gasteiger partial charge >= 0.3 is 5.97 Å². The molecule has 0 radical (unpaired) electrons. The van der Waals surface area contributed by atoms with Gasteiger partial charge in [-0.15, -0.1) is 0 Å². The molecule has 3 N–H and O–H groups in total. The molecule has 0 spiro atoms. The van der Waals surface area contributed by atoms with Crippen molar-refractivity contribution in [1.29, 1.82) is 0 Å². The summed E-state index contributed by atoms with van der Waals surface area (Å²) in [6.45, 7) is 2.28. The lowest BCUT2D eigenvalue weighted by Crippen LogP contribution is -2.31. The summed E-state index contributed by atoms with van der Waals surface area (Å²) in [6.07, 6.45) is 0. The van der Waals surface area contributed by atoms with E-state index < -0.39 is 5.97 Å². The molecule has 0 heterocycles. The maximum Gasteiger partial charge on any atom is 0.329 e. The smallest absolute Gasteiger partial charge is 0.329 e. The third-order valence-corrected chi connectivity index (χ3v) is 2.89. The Balaban J connectivity index is 1.96. The first-order valence-electron chi connectivity index (χ1n) is 6.82. The number of phenols is 2. The molecule has 0 amide bonds. The van der Waals surface area contributed by atoms with Crippen molar-refractivity contribution in [2.45, 2.75) is 6.92 Å². The lowest BCUT2D eigenvalue weighted by Gasteiger charge is -2.23. The van der Waals surface area contributed by atoms with Gasteiger partial charge in [-0.25, -0.2) is 5.06 Å². The van der Waals surface area contributed by atoms with Gasteiger partial charge in [-0.05, 0) is 48.5 Å². The van der Waals surface area contributed by atoms with Crippen LogP contribution in [0.3, 0.4) is 0 Å². The zero-order valence-corrected chi connectivity index (χ0v) is 12.2. The van der Waals surface area contributed by atoms with Crippen LogP contribution in [-0.4, -0.2) is 29.3 Å². The maximum absolute atomic E-state index is 11.2. The molecule has 0 unspecified atom stereocenters. The highest BCUT2D eigenvalue weighted by Crippen LogP contribution is 2.19. The van der Waals surface area contributed by atoms with Crippen molar-refractivity contribution in [2.24, 2.45) is 0 Å². The van der Waals surface area contributed by atoms with Crippen molar-refractivity contribution in [3.8, 4) is 11.5 Å². The molecule has 0 aromatic heterocycles. The molecular formula is C16H18N2O4. The Morgan fingerprint density at radius 2 is 1.59 bits per heavy atom. The second-order valence-electron chi connectivity index (χ2n) is 4.68. The number of aromatic hydroxyl groups is 2. The topological polar surface area (TPSA) is 82.0 Å². The molecule has 0 aliphatic rings. The lowest BCUT2D eigenvalue weighted by atomic mass is 10.3. The molecule has 0 atom stereocenters. The van der Waals surface area contributed by atoms with E-state index in [4.69, 9.17) is 4.84 Å². The summed E-state index contributed by atoms with van der Waals surface area (Å²) in [5.41, 5.74) is 1.52. The SMILES string of the molecule is CC(=O)ON(CCNc1ccc(O)cc1)c1ccc(O)cc1. The average Bonchev–Trinajstić information content (AvgIpc) is 2.49. The van der Waals surface area contributed by atoms with Gasteiger partial charge in [0.05, 0.1) is 12.2 Å². The highest BCUT2D eigenvalue weighted by molar-refractivity contribution is 5.67. The second kappa shape index (κ2) is 7.21. The molecule has 0 bridgehead atoms. The van der Waals surface area contributed by atoms with Crippen LogP contribution in [0.25, 0.3) is 0 Å². The highest BCUT2D eigenvalue weighted by atomic mass is 16.7. The summed E-state index contributed by atoms with van der Waals surface area (Å²) in [4.78, 5) is 16.4. The highest BCUT2D eigenvalue weighted by Gasteiger charge is 2.10. The first-order chi connectivity index (χ1) is 10.5. The van der Waals surface area contributed by atoms with Crippen LogP contribution >= 0.6 is 0 Å². The quantitative estimate of drug-likeness (QED) is 0.562. The number of phenolic OH excluding ortho intramolecular Hbond substituents is 2. The molecule has 2 aromatic carbocycles. The summed E-state index contributed by atoms with van der Waals surface area (Å²) < 4.78 is 0. The molecule has 0 saturated carbocycles. The fraction of sp³-hybridized carbons (Fsp3) is 0.188. The van der Waals surface area contributed by atoms with Crippen LogP contribution in [0.5, 0.6) is 11.5 Å². The Kier molecular flexibility index (Phi) is 5.08. The molecule has 2 rings (SSSR count). The largest absolute Gasteiger partial charge is 0.508 e. The first-order valence-corrected chi connectivity index (χ1v) is 6.82. The third-order valence-electron chi connectivity index (χ3n) is 2.89. The van der Waals surface area contributed by atoms with Crippen molar-refractivity contribution in [1.82, 2.24) is 0 Å². The third kappa shape index (κ3) is 4.59. The van der Waals surface area contributed by atoms with E-state index in [1.807, 2.05) is 0 Å². The summed E-state index contributed by atoms with van der Waals surface area (Å²) in [6, 6.07) is 13.1. The summed E-state index contributed by atoms with van der Waals surface area (Å²) in [5, 5.41) is 23.2. The van der Waals surface area contributed by atoms with Crippen LogP contribution in [0, 0.1) is 0 Å². The molecule has 6 heteroatoms. The Labute approximate surface area is 128 Å². The Morgan fingerprint density at radius 3 is 2.14 bits per heavy atom. The van der Waals surface area contributed by atoms with Crippen LogP contribution < -0.4 is 10.4 Å². The molecule has 0 saturated heterocycles. The summed E-state index contributed by atoms with van der Waals surface area (Å²) in [5.74, 6) is -0.0670. The van der Waals surface area contributed by atoms with Crippen molar-refractivity contribution >= 4 is 17.3 Å². The average molecular weight is 302 g/mol. The van der Waals surface area contributed by atoms with Crippen LogP contribution in [0.2, 0.25) is 0 Å². The molecule has 116 valence electrons. The number of benzene rings is 2. The van der Waals surface area contributed by atoms with E-state index in [0.29, 0.717) is 18.8 Å². The molecule has 22 heavy (non-hydrogen) atoms. The normalized spacial score (nSPS) is 10.0. The molecular weight excluding hydrogens is 284 g/mol. The van der Waals surface area contributed by atoms with Gasteiger partial charge in [0, 0.05) is 19.2 Å². The van der Waals surface area contributed by atoms with E-state index in [2.05, 4.69) is 5.32 Å². The number of nitrogens with zero attached hydrogens (tertiary/aromatic N) is 1. The lowest BCUT2D eigenvalue weighted by molar-refractivity contribution is -0.142. The predicted octanol–water partition coefficient (Wildman–Crippen LogP) is 2.49. The molecule has 0 aliphatic carbocycles. The van der Waals surface area contributed by atoms with Gasteiger partial charge in [0.1, 0.15) is 11.5 Å². The minimum atomic E-state index is -0.419. The Morgan fingerprint density at radius 1 is 1.05 bits per heavy atom. The fourth-order valence-electron chi connectivity index (χ4n) is 1.88. The van der Waals surface area contributed by atoms with Crippen molar-refractivity contribution in [3.05, 3.63) is 48.5 Å². The Hall–Kier alpha value is -2.89. The number of hydrogen-bond donors (Lipinski definition) is 3.